The molecule has 0 saturated heterocycles. The minimum absolute atomic E-state index is 0.826. The van der Waals surface area contributed by atoms with Gasteiger partial charge in [-0.15, -0.1) is 12.3 Å². The third kappa shape index (κ3) is 4.94. The van der Waals surface area contributed by atoms with Crippen molar-refractivity contribution in [2.45, 2.75) is 34.2 Å². The first-order chi connectivity index (χ1) is 9.79. The van der Waals surface area contributed by atoms with Crippen LogP contribution in [0.4, 0.5) is 0 Å². The van der Waals surface area contributed by atoms with E-state index in [2.05, 4.69) is 72.2 Å². The normalized spacial score (nSPS) is 24.0. The van der Waals surface area contributed by atoms with E-state index in [9.17, 15) is 0 Å². The second-order valence-electron chi connectivity index (χ2n) is 5.74. The first-order valence-corrected chi connectivity index (χ1v) is 15.8. The summed E-state index contributed by atoms with van der Waals surface area (Å²) in [4.78, 5) is 0. The van der Waals surface area contributed by atoms with Gasteiger partial charge in [-0.2, -0.15) is 0 Å². The van der Waals surface area contributed by atoms with Crippen LogP contribution in [-0.4, -0.2) is 8.07 Å². The SMILES string of the molecule is C=C[Si](C)([C]1[CH][C](C)[CH][C]1C)[C]1[CH][C](C)[CH][C]1C.[Cl][Zr+2][Cl]. The number of hydrogen-bond acceptors (Lipinski definition) is 0. The topological polar surface area (TPSA) is 0 Å². The Kier molecular flexibility index (Phi) is 8.82. The summed E-state index contributed by atoms with van der Waals surface area (Å²) in [7, 11) is 8.11. The van der Waals surface area contributed by atoms with Gasteiger partial charge in [0, 0.05) is 0 Å². The van der Waals surface area contributed by atoms with Gasteiger partial charge in [-0.05, 0) is 60.4 Å². The Morgan fingerprint density at radius 1 is 0.905 bits per heavy atom. The van der Waals surface area contributed by atoms with Crippen LogP contribution in [-0.2, 0) is 20.8 Å². The van der Waals surface area contributed by atoms with Crippen LogP contribution >= 0.6 is 17.0 Å². The number of hydrogen-bond donors (Lipinski definition) is 0. The van der Waals surface area contributed by atoms with Crippen LogP contribution in [0.25, 0.3) is 0 Å². The van der Waals surface area contributed by atoms with Crippen molar-refractivity contribution in [2.75, 3.05) is 0 Å². The first-order valence-electron chi connectivity index (χ1n) is 6.88. The molecule has 0 aromatic rings. The Morgan fingerprint density at radius 2 is 1.24 bits per heavy atom. The standard InChI is InChI=1S/C17H22Si.2ClH.Zr/c1-7-18(6,16-10-12(2)8-14(16)4)17-11-13(3)9-15(17)5;;;/h7-11H,1H2,2-6H3;2*1H;/q;;;+4/p-2. The first kappa shape index (κ1) is 20.5. The summed E-state index contributed by atoms with van der Waals surface area (Å²) >= 11 is -0.826. The van der Waals surface area contributed by atoms with Crippen LogP contribution in [0.15, 0.2) is 12.3 Å². The van der Waals surface area contributed by atoms with Crippen LogP contribution in [0, 0.1) is 60.4 Å². The molecule has 0 atom stereocenters. The van der Waals surface area contributed by atoms with E-state index in [0.717, 1.165) is 0 Å². The molecule has 0 spiro atoms. The molecule has 2 fully saturated rings. The Balaban J connectivity index is 0.000000677. The van der Waals surface area contributed by atoms with Gasteiger partial charge in [-0.1, -0.05) is 34.2 Å². The van der Waals surface area contributed by atoms with Gasteiger partial charge in [0.25, 0.3) is 0 Å². The van der Waals surface area contributed by atoms with Crippen LogP contribution < -0.4 is 0 Å². The average molecular weight is 417 g/mol. The third-order valence-corrected chi connectivity index (χ3v) is 8.14. The summed E-state index contributed by atoms with van der Waals surface area (Å²) in [6.45, 7) is 15.4. The van der Waals surface area contributed by atoms with Crippen molar-refractivity contribution in [2.24, 2.45) is 0 Å². The monoisotopic (exact) mass is 414 g/mol. The van der Waals surface area contributed by atoms with Crippen LogP contribution in [0.1, 0.15) is 27.7 Å². The van der Waals surface area contributed by atoms with Crippen molar-refractivity contribution in [3.63, 3.8) is 0 Å². The van der Waals surface area contributed by atoms with E-state index in [0.29, 0.717) is 0 Å². The van der Waals surface area contributed by atoms with E-state index in [1.807, 2.05) is 0 Å². The van der Waals surface area contributed by atoms with E-state index in [-0.39, 0.29) is 0 Å². The Labute approximate surface area is 152 Å². The maximum atomic E-state index is 4.93. The summed E-state index contributed by atoms with van der Waals surface area (Å²) in [5.74, 6) is 5.56. The van der Waals surface area contributed by atoms with Gasteiger partial charge in [0.05, 0.1) is 8.07 Å². The predicted octanol–water partition coefficient (Wildman–Crippen LogP) is 5.62. The third-order valence-electron chi connectivity index (χ3n) is 4.01. The summed E-state index contributed by atoms with van der Waals surface area (Å²) in [5, 5.41) is 0. The molecule has 21 heavy (non-hydrogen) atoms. The van der Waals surface area contributed by atoms with E-state index >= 15 is 0 Å². The van der Waals surface area contributed by atoms with Gasteiger partial charge in [-0.3, -0.25) is 0 Å². The fraction of sp³-hybridized carbons (Fsp3) is 0.294. The fourth-order valence-electron chi connectivity index (χ4n) is 3.09. The molecular formula is C17H22Cl2SiZr+2. The molecule has 4 heteroatoms. The van der Waals surface area contributed by atoms with Gasteiger partial charge in [0.1, 0.15) is 0 Å². The number of halogens is 2. The molecule has 0 bridgehead atoms. The molecular weight excluding hydrogens is 394 g/mol. The minimum atomic E-state index is -1.76. The molecule has 0 unspecified atom stereocenters. The van der Waals surface area contributed by atoms with Crippen molar-refractivity contribution in [3.8, 4) is 0 Å². The molecule has 2 rings (SSSR count). The van der Waals surface area contributed by atoms with E-state index in [1.54, 1.807) is 0 Å². The average Bonchev–Trinajstić information content (AvgIpc) is 2.92. The van der Waals surface area contributed by atoms with Gasteiger partial charge in [0.15, 0.2) is 0 Å². The molecule has 2 saturated carbocycles. The molecule has 0 heterocycles. The molecule has 0 nitrogen and oxygen atoms in total. The van der Waals surface area contributed by atoms with Gasteiger partial charge < -0.3 is 0 Å². The molecule has 0 aliphatic heterocycles. The summed E-state index contributed by atoms with van der Waals surface area (Å²) in [6.07, 6.45) is 9.28. The predicted molar refractivity (Wildman–Crippen MR) is 92.9 cm³/mol. The maximum absolute atomic E-state index is 4.93. The quantitative estimate of drug-likeness (QED) is 0.524. The van der Waals surface area contributed by atoms with Crippen molar-refractivity contribution < 1.29 is 20.8 Å². The molecule has 0 amide bonds. The van der Waals surface area contributed by atoms with E-state index in [4.69, 9.17) is 17.0 Å². The second kappa shape index (κ2) is 9.05. The van der Waals surface area contributed by atoms with Crippen LogP contribution in [0.2, 0.25) is 6.55 Å². The Hall–Kier alpha value is 1.42. The van der Waals surface area contributed by atoms with E-state index in [1.165, 1.54) is 34.8 Å². The zero-order valence-corrected chi connectivity index (χ0v) is 18.3. The summed E-state index contributed by atoms with van der Waals surface area (Å²) in [5.41, 5.74) is 5.25. The molecule has 0 aromatic carbocycles. The van der Waals surface area contributed by atoms with Crippen molar-refractivity contribution in [1.29, 1.82) is 0 Å². The van der Waals surface area contributed by atoms with Crippen molar-refractivity contribution in [3.05, 3.63) is 72.7 Å². The second-order valence-corrected chi connectivity index (χ2v) is 13.4. The van der Waals surface area contributed by atoms with Gasteiger partial charge in [-0.25, -0.2) is 0 Å². The molecule has 0 N–H and O–H groups in total. The molecule has 2 aliphatic carbocycles. The van der Waals surface area contributed by atoms with E-state index < -0.39 is 28.9 Å². The van der Waals surface area contributed by atoms with Gasteiger partial charge >= 0.3 is 37.9 Å². The Morgan fingerprint density at radius 3 is 1.43 bits per heavy atom. The molecule has 0 aromatic heterocycles. The van der Waals surface area contributed by atoms with Crippen molar-refractivity contribution in [1.82, 2.24) is 0 Å². The zero-order chi connectivity index (χ0) is 16.2. The fourth-order valence-corrected chi connectivity index (χ4v) is 6.66. The summed E-state index contributed by atoms with van der Waals surface area (Å²) < 4.78 is 0. The van der Waals surface area contributed by atoms with Crippen LogP contribution in [0.3, 0.4) is 0 Å². The molecule has 10 radical (unpaired) electrons. The molecule has 2 aliphatic rings. The van der Waals surface area contributed by atoms with Gasteiger partial charge in [0.2, 0.25) is 0 Å². The van der Waals surface area contributed by atoms with Crippen molar-refractivity contribution >= 4 is 25.1 Å². The Bertz CT molecular complexity index is 313. The summed E-state index contributed by atoms with van der Waals surface area (Å²) in [6, 6.07) is 0. The zero-order valence-electron chi connectivity index (χ0n) is 13.3. The van der Waals surface area contributed by atoms with Crippen LogP contribution in [0.5, 0.6) is 0 Å². The molecule has 110 valence electrons. The number of rotatable bonds is 3.